The molecule has 0 radical (unpaired) electrons. The molecule has 1 aromatic carbocycles. The van der Waals surface area contributed by atoms with Crippen molar-refractivity contribution in [3.8, 4) is 5.75 Å². The van der Waals surface area contributed by atoms with Crippen LogP contribution in [0.15, 0.2) is 18.2 Å². The lowest BCUT2D eigenvalue weighted by Gasteiger charge is -2.48. The van der Waals surface area contributed by atoms with Gasteiger partial charge in [0.2, 0.25) is 0 Å². The average Bonchev–Trinajstić information content (AvgIpc) is 3.39. The number of likely N-dealkylation sites (tertiary alicyclic amines) is 1. The number of likely N-dealkylation sites (N-methyl/N-ethyl adjacent to an activating group) is 1. The van der Waals surface area contributed by atoms with E-state index >= 15 is 0 Å². The summed E-state index contributed by atoms with van der Waals surface area (Å²) >= 11 is 12.3. The second kappa shape index (κ2) is 9.01. The zero-order valence-electron chi connectivity index (χ0n) is 17.0. The van der Waals surface area contributed by atoms with Gasteiger partial charge < -0.3 is 14.4 Å². The molecule has 4 rings (SSSR count). The summed E-state index contributed by atoms with van der Waals surface area (Å²) in [6.45, 7) is 3.04. The molecule has 29 heavy (non-hydrogen) atoms. The van der Waals surface area contributed by atoms with Crippen molar-refractivity contribution in [2.75, 3.05) is 33.4 Å². The highest BCUT2D eigenvalue weighted by molar-refractivity contribution is 6.37. The van der Waals surface area contributed by atoms with Crippen molar-refractivity contribution in [1.82, 2.24) is 9.80 Å². The first kappa shape index (κ1) is 21.2. The van der Waals surface area contributed by atoms with Crippen molar-refractivity contribution in [3.05, 3.63) is 28.2 Å². The van der Waals surface area contributed by atoms with E-state index in [-0.39, 0.29) is 24.2 Å². The molecular weight excluding hydrogens is 411 g/mol. The van der Waals surface area contributed by atoms with Crippen molar-refractivity contribution in [1.29, 1.82) is 0 Å². The summed E-state index contributed by atoms with van der Waals surface area (Å²) in [4.78, 5) is 17.4. The molecule has 3 aliphatic rings. The van der Waals surface area contributed by atoms with Crippen LogP contribution < -0.4 is 4.74 Å². The molecule has 1 aliphatic carbocycles. The highest BCUT2D eigenvalue weighted by Gasteiger charge is 2.47. The maximum atomic E-state index is 13.0. The van der Waals surface area contributed by atoms with Gasteiger partial charge >= 0.3 is 0 Å². The summed E-state index contributed by atoms with van der Waals surface area (Å²) in [5.74, 6) is 0.328. The molecule has 7 heteroatoms. The molecule has 3 fully saturated rings. The number of hydrogen-bond acceptors (Lipinski definition) is 4. The Balaban J connectivity index is 1.44. The standard InChI is InChI=1S/C22H30Cl2N2O3/c1-25(20(27)15-28-21-16(23)6-4-7-17(21)24)18-8-10-22(9-5-13-29-22)14-19(18)26-11-2-3-12-26/h4,6-7,18-19H,2-3,5,8-15H2,1H3/t18-,19-,22-/m1/s1. The second-order valence-corrected chi connectivity index (χ2v) is 9.41. The second-order valence-electron chi connectivity index (χ2n) is 8.60. The third kappa shape index (κ3) is 4.53. The van der Waals surface area contributed by atoms with Crippen molar-refractivity contribution in [2.45, 2.75) is 62.6 Å². The maximum absolute atomic E-state index is 13.0. The van der Waals surface area contributed by atoms with E-state index in [1.165, 1.54) is 12.8 Å². The average molecular weight is 441 g/mol. The zero-order chi connectivity index (χ0) is 20.4. The number of hydrogen-bond donors (Lipinski definition) is 0. The van der Waals surface area contributed by atoms with Gasteiger partial charge in [-0.1, -0.05) is 29.3 Å². The minimum absolute atomic E-state index is 0.0230. The van der Waals surface area contributed by atoms with Crippen LogP contribution in [0.25, 0.3) is 0 Å². The minimum Gasteiger partial charge on any atom is -0.481 e. The lowest BCUT2D eigenvalue weighted by atomic mass is 9.76. The van der Waals surface area contributed by atoms with Crippen LogP contribution in [0.1, 0.15) is 44.9 Å². The largest absolute Gasteiger partial charge is 0.481 e. The zero-order valence-corrected chi connectivity index (χ0v) is 18.6. The minimum atomic E-state index is -0.0647. The number of rotatable bonds is 5. The topological polar surface area (TPSA) is 42.0 Å². The van der Waals surface area contributed by atoms with Crippen LogP contribution in [0, 0.1) is 0 Å². The van der Waals surface area contributed by atoms with Crippen LogP contribution in [0.4, 0.5) is 0 Å². The molecule has 0 aromatic heterocycles. The van der Waals surface area contributed by atoms with Crippen molar-refractivity contribution in [2.24, 2.45) is 0 Å². The number of carbonyl (C=O) groups is 1. The van der Waals surface area contributed by atoms with Gasteiger partial charge in [-0.2, -0.15) is 0 Å². The molecule has 1 spiro atoms. The van der Waals surface area contributed by atoms with E-state index in [4.69, 9.17) is 32.7 Å². The Bertz CT molecular complexity index is 713. The summed E-state index contributed by atoms with van der Waals surface area (Å²) in [5, 5.41) is 0.835. The number of amides is 1. The molecule has 0 bridgehead atoms. The van der Waals surface area contributed by atoms with Gasteiger partial charge in [0, 0.05) is 25.7 Å². The molecule has 0 unspecified atom stereocenters. The van der Waals surface area contributed by atoms with E-state index in [1.54, 1.807) is 18.2 Å². The fourth-order valence-electron chi connectivity index (χ4n) is 5.27. The number of ether oxygens (including phenoxy) is 2. The van der Waals surface area contributed by atoms with Gasteiger partial charge in [-0.3, -0.25) is 9.69 Å². The molecule has 3 atom stereocenters. The van der Waals surface area contributed by atoms with Gasteiger partial charge in [-0.15, -0.1) is 0 Å². The predicted molar refractivity (Wildman–Crippen MR) is 115 cm³/mol. The van der Waals surface area contributed by atoms with Gasteiger partial charge in [-0.25, -0.2) is 0 Å². The van der Waals surface area contributed by atoms with Gasteiger partial charge in [0.25, 0.3) is 5.91 Å². The van der Waals surface area contributed by atoms with Crippen LogP contribution in [-0.4, -0.2) is 66.7 Å². The molecule has 0 N–H and O–H groups in total. The quantitative estimate of drug-likeness (QED) is 0.680. The van der Waals surface area contributed by atoms with Crippen LogP contribution in [0.5, 0.6) is 5.75 Å². The van der Waals surface area contributed by atoms with E-state index in [1.807, 2.05) is 11.9 Å². The number of carbonyl (C=O) groups excluding carboxylic acids is 1. The van der Waals surface area contributed by atoms with Crippen LogP contribution >= 0.6 is 23.2 Å². The molecule has 160 valence electrons. The molecule has 2 saturated heterocycles. The molecule has 2 heterocycles. The van der Waals surface area contributed by atoms with Gasteiger partial charge in [0.15, 0.2) is 12.4 Å². The van der Waals surface area contributed by atoms with E-state index in [0.717, 1.165) is 51.8 Å². The van der Waals surface area contributed by atoms with Crippen LogP contribution in [0.2, 0.25) is 10.0 Å². The third-order valence-electron chi connectivity index (χ3n) is 6.87. The summed E-state index contributed by atoms with van der Waals surface area (Å²) in [7, 11) is 1.90. The maximum Gasteiger partial charge on any atom is 0.260 e. The molecule has 5 nitrogen and oxygen atoms in total. The summed E-state index contributed by atoms with van der Waals surface area (Å²) in [5.41, 5.74) is 0.0230. The first-order valence-electron chi connectivity index (χ1n) is 10.7. The van der Waals surface area contributed by atoms with Crippen LogP contribution in [-0.2, 0) is 9.53 Å². The Morgan fingerprint density at radius 1 is 1.24 bits per heavy atom. The van der Waals surface area contributed by atoms with Crippen LogP contribution in [0.3, 0.4) is 0 Å². The van der Waals surface area contributed by atoms with Crippen molar-refractivity contribution < 1.29 is 14.3 Å². The predicted octanol–water partition coefficient (Wildman–Crippen LogP) is 4.40. The van der Waals surface area contributed by atoms with E-state index in [2.05, 4.69) is 4.90 Å². The number of halogens is 2. The number of para-hydroxylation sites is 1. The summed E-state index contributed by atoms with van der Waals surface area (Å²) in [6, 6.07) is 5.71. The van der Waals surface area contributed by atoms with E-state index in [0.29, 0.717) is 21.8 Å². The Hall–Kier alpha value is -1.01. The third-order valence-corrected chi connectivity index (χ3v) is 7.46. The van der Waals surface area contributed by atoms with Gasteiger partial charge in [0.1, 0.15) is 0 Å². The van der Waals surface area contributed by atoms with E-state index < -0.39 is 0 Å². The van der Waals surface area contributed by atoms with Crippen molar-refractivity contribution >= 4 is 29.1 Å². The number of nitrogens with zero attached hydrogens (tertiary/aromatic N) is 2. The first-order valence-corrected chi connectivity index (χ1v) is 11.5. The number of benzene rings is 1. The monoisotopic (exact) mass is 440 g/mol. The van der Waals surface area contributed by atoms with Gasteiger partial charge in [0.05, 0.1) is 15.6 Å². The Morgan fingerprint density at radius 3 is 2.62 bits per heavy atom. The first-order chi connectivity index (χ1) is 14.0. The Labute approximate surface area is 183 Å². The molecule has 1 amide bonds. The Morgan fingerprint density at radius 2 is 1.97 bits per heavy atom. The lowest BCUT2D eigenvalue weighted by molar-refractivity contribution is -0.139. The molecule has 1 aromatic rings. The smallest absolute Gasteiger partial charge is 0.260 e. The SMILES string of the molecule is CN(C(=O)COc1c(Cl)cccc1Cl)[C@@H]1CC[C@]2(CCCO2)C[C@H]1N1CCCC1. The highest BCUT2D eigenvalue weighted by atomic mass is 35.5. The fraction of sp³-hybridized carbons (Fsp3) is 0.682. The fourth-order valence-corrected chi connectivity index (χ4v) is 5.78. The normalized spacial score (nSPS) is 30.0. The van der Waals surface area contributed by atoms with E-state index in [9.17, 15) is 4.79 Å². The van der Waals surface area contributed by atoms with Crippen molar-refractivity contribution in [3.63, 3.8) is 0 Å². The Kier molecular flexibility index (Phi) is 6.59. The molecular formula is C22H30Cl2N2O3. The summed E-state index contributed by atoms with van der Waals surface area (Å²) in [6.07, 6.45) is 7.79. The lowest BCUT2D eigenvalue weighted by Crippen LogP contribution is -2.58. The molecule has 1 saturated carbocycles. The summed E-state index contributed by atoms with van der Waals surface area (Å²) < 4.78 is 11.9. The highest BCUT2D eigenvalue weighted by Crippen LogP contribution is 2.43. The van der Waals surface area contributed by atoms with Gasteiger partial charge in [-0.05, 0) is 70.2 Å². The molecule has 2 aliphatic heterocycles.